The van der Waals surface area contributed by atoms with Gasteiger partial charge in [0.1, 0.15) is 17.2 Å². The highest BCUT2D eigenvalue weighted by atomic mass is 16.5. The van der Waals surface area contributed by atoms with E-state index in [0.29, 0.717) is 42.6 Å². The molecule has 1 fully saturated rings. The van der Waals surface area contributed by atoms with Gasteiger partial charge in [-0.05, 0) is 49.7 Å². The Hall–Kier alpha value is -3.63. The van der Waals surface area contributed by atoms with Crippen molar-refractivity contribution in [1.29, 1.82) is 0 Å². The van der Waals surface area contributed by atoms with Gasteiger partial charge < -0.3 is 34.9 Å². The van der Waals surface area contributed by atoms with Crippen LogP contribution >= 0.6 is 0 Å². The standard InChI is InChI=1S/C24H29N3O5.CH2O2/c1-3-30-19-10-17-11-20(12-19)32-18-6-4-5-16(9-18)15-31-22-7-8-25-13-21(22)26-23(28)14-27(2)24(17)29;2-1-3/h4-6,9-12,21-22,25H,3,7-8,13-15H2,1-2H3,(H,26,28);1H,(H,2,3)/t21-,22+;/m0./s1. The van der Waals surface area contributed by atoms with Crippen LogP contribution in [0.15, 0.2) is 42.5 Å². The van der Waals surface area contributed by atoms with E-state index in [2.05, 4.69) is 10.6 Å². The minimum atomic E-state index is -0.290. The lowest BCUT2D eigenvalue weighted by molar-refractivity contribution is -0.124. The molecule has 10 heteroatoms. The predicted octanol–water partition coefficient (Wildman–Crippen LogP) is 2.03. The van der Waals surface area contributed by atoms with Crippen LogP contribution in [0.2, 0.25) is 0 Å². The first kappa shape index (κ1) is 26.0. The number of amides is 2. The molecule has 35 heavy (non-hydrogen) atoms. The third-order valence-corrected chi connectivity index (χ3v) is 5.53. The van der Waals surface area contributed by atoms with Gasteiger partial charge in [0, 0.05) is 25.2 Å². The summed E-state index contributed by atoms with van der Waals surface area (Å²) in [6.45, 7) is 3.89. The van der Waals surface area contributed by atoms with Crippen molar-refractivity contribution in [2.24, 2.45) is 0 Å². The van der Waals surface area contributed by atoms with Crippen molar-refractivity contribution in [3.63, 3.8) is 0 Å². The number of piperidine rings is 1. The molecule has 2 aromatic rings. The lowest BCUT2D eigenvalue weighted by Crippen LogP contribution is -2.56. The van der Waals surface area contributed by atoms with Gasteiger partial charge in [-0.1, -0.05) is 12.1 Å². The number of carbonyl (C=O) groups excluding carboxylic acids is 2. The Morgan fingerprint density at radius 2 is 2.00 bits per heavy atom. The first-order valence-electron chi connectivity index (χ1n) is 11.4. The van der Waals surface area contributed by atoms with Crippen LogP contribution in [0.4, 0.5) is 0 Å². The van der Waals surface area contributed by atoms with Gasteiger partial charge in [0.25, 0.3) is 12.4 Å². The van der Waals surface area contributed by atoms with Crippen molar-refractivity contribution >= 4 is 18.3 Å². The number of hydrogen-bond acceptors (Lipinski definition) is 7. The molecule has 188 valence electrons. The van der Waals surface area contributed by atoms with Crippen molar-refractivity contribution < 1.29 is 33.7 Å². The molecular weight excluding hydrogens is 454 g/mol. The SMILES string of the molecule is CCOc1cc2cc(c1)C(=O)N(C)CC(=O)N[C@H]1CNCC[C@H]1OCc1cccc(c1)O2.O=CO. The maximum Gasteiger partial charge on any atom is 0.290 e. The van der Waals surface area contributed by atoms with E-state index in [1.165, 1.54) is 4.90 Å². The molecular formula is C25H31N3O7. The quantitative estimate of drug-likeness (QED) is 0.552. The fourth-order valence-electron chi connectivity index (χ4n) is 3.98. The van der Waals surface area contributed by atoms with Crippen LogP contribution in [0.1, 0.15) is 29.3 Å². The maximum atomic E-state index is 13.1. The van der Waals surface area contributed by atoms with Gasteiger partial charge in [-0.3, -0.25) is 14.4 Å². The highest BCUT2D eigenvalue weighted by Crippen LogP contribution is 2.29. The summed E-state index contributed by atoms with van der Waals surface area (Å²) in [5.74, 6) is 1.15. The molecule has 0 unspecified atom stereocenters. The zero-order valence-corrected chi connectivity index (χ0v) is 19.9. The number of hydrogen-bond donors (Lipinski definition) is 3. The summed E-state index contributed by atoms with van der Waals surface area (Å²) in [5.41, 5.74) is 1.36. The number of carbonyl (C=O) groups is 3. The highest BCUT2D eigenvalue weighted by Gasteiger charge is 2.28. The van der Waals surface area contributed by atoms with Crippen LogP contribution < -0.4 is 20.1 Å². The summed E-state index contributed by atoms with van der Waals surface area (Å²) in [7, 11) is 1.61. The van der Waals surface area contributed by atoms with E-state index < -0.39 is 0 Å². The van der Waals surface area contributed by atoms with Gasteiger partial charge in [-0.15, -0.1) is 0 Å². The number of nitrogens with one attached hydrogen (secondary N) is 2. The molecule has 0 aromatic heterocycles. The Morgan fingerprint density at radius 3 is 2.77 bits per heavy atom. The van der Waals surface area contributed by atoms with Gasteiger partial charge in [0.2, 0.25) is 5.91 Å². The molecule has 3 N–H and O–H groups in total. The molecule has 2 amide bonds. The smallest absolute Gasteiger partial charge is 0.290 e. The fourth-order valence-corrected chi connectivity index (χ4v) is 3.98. The largest absolute Gasteiger partial charge is 0.494 e. The van der Waals surface area contributed by atoms with Gasteiger partial charge in [0.15, 0.2) is 0 Å². The second-order valence-corrected chi connectivity index (χ2v) is 8.16. The van der Waals surface area contributed by atoms with Crippen molar-refractivity contribution in [2.75, 3.05) is 33.3 Å². The van der Waals surface area contributed by atoms with E-state index in [0.717, 1.165) is 18.5 Å². The molecule has 4 bridgehead atoms. The second kappa shape index (κ2) is 12.7. The van der Waals surface area contributed by atoms with Crippen LogP contribution in [0, 0.1) is 0 Å². The summed E-state index contributed by atoms with van der Waals surface area (Å²) in [6.07, 6.45) is 0.681. The molecule has 2 aliphatic heterocycles. The first-order chi connectivity index (χ1) is 16.9. The van der Waals surface area contributed by atoms with E-state index in [9.17, 15) is 9.59 Å². The summed E-state index contributed by atoms with van der Waals surface area (Å²) in [6, 6.07) is 12.6. The summed E-state index contributed by atoms with van der Waals surface area (Å²) < 4.78 is 17.9. The van der Waals surface area contributed by atoms with Gasteiger partial charge in [0.05, 0.1) is 31.9 Å². The lowest BCUT2D eigenvalue weighted by Gasteiger charge is -2.33. The summed E-state index contributed by atoms with van der Waals surface area (Å²) in [5, 5.41) is 13.2. The number of benzene rings is 2. The van der Waals surface area contributed by atoms with Crippen molar-refractivity contribution in [1.82, 2.24) is 15.5 Å². The van der Waals surface area contributed by atoms with E-state index in [1.54, 1.807) is 25.2 Å². The maximum absolute atomic E-state index is 13.1. The summed E-state index contributed by atoms with van der Waals surface area (Å²) in [4.78, 5) is 35.5. The molecule has 4 rings (SSSR count). The van der Waals surface area contributed by atoms with Crippen LogP contribution in [0.25, 0.3) is 0 Å². The van der Waals surface area contributed by atoms with Crippen LogP contribution in [0.3, 0.4) is 0 Å². The van der Waals surface area contributed by atoms with E-state index >= 15 is 0 Å². The topological polar surface area (TPSA) is 126 Å². The predicted molar refractivity (Wildman–Crippen MR) is 128 cm³/mol. The van der Waals surface area contributed by atoms with Gasteiger partial charge in [-0.25, -0.2) is 0 Å². The average Bonchev–Trinajstić information content (AvgIpc) is 2.83. The molecule has 2 heterocycles. The number of likely N-dealkylation sites (N-methyl/N-ethyl adjacent to an activating group) is 1. The third kappa shape index (κ3) is 7.43. The van der Waals surface area contributed by atoms with Crippen LogP contribution in [-0.4, -0.2) is 73.7 Å². The monoisotopic (exact) mass is 485 g/mol. The minimum absolute atomic E-state index is 0.0594. The Bertz CT molecular complexity index is 1030. The molecule has 0 saturated carbocycles. The van der Waals surface area contributed by atoms with E-state index in [1.807, 2.05) is 31.2 Å². The first-order valence-corrected chi connectivity index (χ1v) is 11.4. The third-order valence-electron chi connectivity index (χ3n) is 5.53. The Kier molecular flexibility index (Phi) is 9.45. The molecule has 2 aromatic carbocycles. The highest BCUT2D eigenvalue weighted by molar-refractivity contribution is 5.97. The number of fused-ring (bicyclic) bond motifs is 5. The van der Waals surface area contributed by atoms with E-state index in [-0.39, 0.29) is 37.0 Å². The van der Waals surface area contributed by atoms with Crippen LogP contribution in [0.5, 0.6) is 17.2 Å². The van der Waals surface area contributed by atoms with Crippen molar-refractivity contribution in [3.8, 4) is 17.2 Å². The Labute approximate surface area is 204 Å². The van der Waals surface area contributed by atoms with Crippen LogP contribution in [-0.2, 0) is 20.9 Å². The van der Waals surface area contributed by atoms with E-state index in [4.69, 9.17) is 24.1 Å². The normalized spacial score (nSPS) is 20.3. The number of ether oxygens (including phenoxy) is 3. The van der Waals surface area contributed by atoms with Crippen molar-refractivity contribution in [2.45, 2.75) is 32.1 Å². The number of rotatable bonds is 2. The molecule has 2 atom stereocenters. The molecule has 0 radical (unpaired) electrons. The zero-order chi connectivity index (χ0) is 25.2. The van der Waals surface area contributed by atoms with Crippen molar-refractivity contribution in [3.05, 3.63) is 53.6 Å². The molecule has 0 spiro atoms. The molecule has 2 aliphatic rings. The number of carboxylic acid groups (broad SMARTS) is 1. The molecule has 10 nitrogen and oxygen atoms in total. The number of nitrogens with zero attached hydrogens (tertiary/aromatic N) is 1. The molecule has 1 saturated heterocycles. The Balaban J connectivity index is 0.00000108. The molecule has 0 aliphatic carbocycles. The second-order valence-electron chi connectivity index (χ2n) is 8.16. The lowest BCUT2D eigenvalue weighted by atomic mass is 10.0. The Morgan fingerprint density at radius 1 is 1.20 bits per heavy atom. The summed E-state index contributed by atoms with van der Waals surface area (Å²) >= 11 is 0. The minimum Gasteiger partial charge on any atom is -0.494 e. The zero-order valence-electron chi connectivity index (χ0n) is 19.9. The van der Waals surface area contributed by atoms with Gasteiger partial charge >= 0.3 is 0 Å². The van der Waals surface area contributed by atoms with Gasteiger partial charge in [-0.2, -0.15) is 0 Å². The average molecular weight is 486 g/mol. The fraction of sp³-hybridized carbons (Fsp3) is 0.400.